The van der Waals surface area contributed by atoms with E-state index < -0.39 is 87.7 Å². The molecule has 15 heteroatoms. The summed E-state index contributed by atoms with van der Waals surface area (Å²) in [4.78, 5) is 68.9. The number of carbonyl (C=O) groups excluding carboxylic acids is 5. The van der Waals surface area contributed by atoms with Gasteiger partial charge in [-0.15, -0.1) is 5.23 Å². The highest BCUT2D eigenvalue weighted by Crippen LogP contribution is 2.54. The SMILES string of the molecule is CN(C)[C@@H]1C(=O)C(C(N)=O)=C(O)[C@@]2(O)C(=O)C3=C(O)c4c([O-])c(CN5C(=O)c6ccccc6C5=O)cc(-c5cccc(N(O)O)c5)c4C[C@H]3C[C@@H]12. The fourth-order valence-corrected chi connectivity index (χ4v) is 8.08. The molecule has 15 nitrogen and oxygen atoms in total. The highest BCUT2D eigenvalue weighted by molar-refractivity contribution is 6.24. The van der Waals surface area contributed by atoms with E-state index in [1.54, 1.807) is 18.2 Å². The van der Waals surface area contributed by atoms with Crippen LogP contribution in [0.3, 0.4) is 0 Å². The number of nitrogens with two attached hydrogens (primary N) is 1. The predicted octanol–water partition coefficient (Wildman–Crippen LogP) is 1.38. The van der Waals surface area contributed by atoms with Crippen molar-refractivity contribution < 1.29 is 54.8 Å². The molecular formula is C36H31N4O11-. The van der Waals surface area contributed by atoms with Gasteiger partial charge >= 0.3 is 0 Å². The standard InChI is InChI=1S/C36H32N4O11/c1-38(2)27-23-13-16-11-22-21(15-6-5-7-18(10-15)40(50)51)12-17(14-39-34(47)19-8-3-4-9-20(19)35(39)48)28(41)25(22)29(42)24(16)31(44)36(23,49)32(45)26(30(27)43)33(37)46/h3-10,12,16,23,27,41-42,45,49-51H,11,13-14H2,1-2H3,(H2,37,46)/p-1/t16-,23-,27-,36-/m0/s1. The monoisotopic (exact) mass is 695 g/mol. The van der Waals surface area contributed by atoms with Crippen LogP contribution in [0.4, 0.5) is 5.69 Å². The van der Waals surface area contributed by atoms with Crippen LogP contribution in [-0.4, -0.2) is 90.6 Å². The molecule has 0 bridgehead atoms. The van der Waals surface area contributed by atoms with Gasteiger partial charge in [-0.25, -0.2) is 0 Å². The molecule has 7 rings (SSSR count). The molecule has 1 heterocycles. The van der Waals surface area contributed by atoms with Gasteiger partial charge in [-0.1, -0.05) is 30.0 Å². The Labute approximate surface area is 289 Å². The predicted molar refractivity (Wildman–Crippen MR) is 174 cm³/mol. The fraction of sp³-hybridized carbons (Fsp3) is 0.250. The van der Waals surface area contributed by atoms with Gasteiger partial charge in [-0.05, 0) is 85.4 Å². The summed E-state index contributed by atoms with van der Waals surface area (Å²) in [7, 11) is 2.98. The number of aliphatic hydroxyl groups excluding tert-OH is 2. The number of hydrogen-bond donors (Lipinski definition) is 6. The second kappa shape index (κ2) is 11.6. The zero-order valence-corrected chi connectivity index (χ0v) is 27.2. The molecule has 262 valence electrons. The third-order valence-electron chi connectivity index (χ3n) is 10.4. The van der Waals surface area contributed by atoms with Gasteiger partial charge in [-0.2, -0.15) is 0 Å². The maximum atomic E-state index is 14.3. The quantitative estimate of drug-likeness (QED) is 0.121. The summed E-state index contributed by atoms with van der Waals surface area (Å²) in [5.74, 6) is -9.92. The number of anilines is 1. The number of hydrogen-bond acceptors (Lipinski definition) is 13. The molecule has 1 aliphatic heterocycles. The van der Waals surface area contributed by atoms with Gasteiger partial charge in [-0.3, -0.25) is 44.2 Å². The molecule has 4 aliphatic rings. The lowest BCUT2D eigenvalue weighted by molar-refractivity contribution is -0.270. The highest BCUT2D eigenvalue weighted by atomic mass is 16.8. The minimum atomic E-state index is -2.87. The van der Waals surface area contributed by atoms with Gasteiger partial charge in [0.05, 0.1) is 29.4 Å². The Balaban J connectivity index is 1.44. The number of amides is 3. The number of ketones is 2. The summed E-state index contributed by atoms with van der Waals surface area (Å²) < 4.78 is 0. The van der Waals surface area contributed by atoms with E-state index in [0.717, 1.165) is 4.90 Å². The lowest BCUT2D eigenvalue weighted by Crippen LogP contribution is -2.65. The first-order valence-electron chi connectivity index (χ1n) is 15.8. The van der Waals surface area contributed by atoms with Crippen LogP contribution in [0.5, 0.6) is 5.75 Å². The summed E-state index contributed by atoms with van der Waals surface area (Å²) in [5, 5.41) is 68.7. The van der Waals surface area contributed by atoms with Crippen molar-refractivity contribution in [1.82, 2.24) is 9.80 Å². The van der Waals surface area contributed by atoms with Gasteiger partial charge in [0, 0.05) is 17.1 Å². The van der Waals surface area contributed by atoms with E-state index >= 15 is 0 Å². The Bertz CT molecular complexity index is 2150. The Hall–Kier alpha value is -5.87. The molecule has 3 aromatic rings. The molecular weight excluding hydrogens is 664 g/mol. The average molecular weight is 696 g/mol. The third-order valence-corrected chi connectivity index (χ3v) is 10.4. The number of nitrogens with zero attached hydrogens (tertiary/aromatic N) is 3. The van der Waals surface area contributed by atoms with Crippen LogP contribution in [0, 0.1) is 11.8 Å². The lowest BCUT2D eigenvalue weighted by atomic mass is 9.57. The van der Waals surface area contributed by atoms with E-state index in [0.29, 0.717) is 11.1 Å². The normalized spacial score (nSPS) is 24.1. The zero-order chi connectivity index (χ0) is 36.8. The molecule has 3 amide bonds. The summed E-state index contributed by atoms with van der Waals surface area (Å²) in [6.45, 7) is -0.526. The van der Waals surface area contributed by atoms with Crippen molar-refractivity contribution >= 4 is 40.7 Å². The number of imide groups is 1. The van der Waals surface area contributed by atoms with Gasteiger partial charge in [0.2, 0.25) is 5.78 Å². The van der Waals surface area contributed by atoms with Crippen LogP contribution in [0.1, 0.15) is 43.8 Å². The van der Waals surface area contributed by atoms with E-state index in [1.807, 2.05) is 0 Å². The zero-order valence-electron chi connectivity index (χ0n) is 27.2. The van der Waals surface area contributed by atoms with Crippen LogP contribution in [0.25, 0.3) is 16.9 Å². The number of aliphatic hydroxyl groups is 3. The van der Waals surface area contributed by atoms with Crippen molar-refractivity contribution in [2.45, 2.75) is 31.0 Å². The summed E-state index contributed by atoms with van der Waals surface area (Å²) >= 11 is 0. The van der Waals surface area contributed by atoms with Crippen molar-refractivity contribution in [3.8, 4) is 16.9 Å². The number of rotatable bonds is 6. The summed E-state index contributed by atoms with van der Waals surface area (Å²) in [5.41, 5.74) is 1.74. The lowest BCUT2D eigenvalue weighted by Gasteiger charge is -2.50. The second-order valence-electron chi connectivity index (χ2n) is 13.3. The Morgan fingerprint density at radius 1 is 0.980 bits per heavy atom. The number of benzene rings is 3. The first-order chi connectivity index (χ1) is 24.1. The summed E-state index contributed by atoms with van der Waals surface area (Å²) in [6, 6.07) is 12.1. The van der Waals surface area contributed by atoms with Crippen molar-refractivity contribution in [2.24, 2.45) is 17.6 Å². The Morgan fingerprint density at radius 2 is 1.63 bits per heavy atom. The highest BCUT2D eigenvalue weighted by Gasteiger charge is 2.64. The number of carbonyl (C=O) groups is 5. The van der Waals surface area contributed by atoms with Crippen molar-refractivity contribution in [2.75, 3.05) is 19.3 Å². The molecule has 7 N–H and O–H groups in total. The molecule has 0 spiro atoms. The summed E-state index contributed by atoms with van der Waals surface area (Å²) in [6.07, 6.45) is -0.268. The molecule has 0 unspecified atom stereocenters. The van der Waals surface area contributed by atoms with Crippen LogP contribution in [0.15, 0.2) is 71.5 Å². The van der Waals surface area contributed by atoms with Gasteiger partial charge in [0.1, 0.15) is 17.1 Å². The second-order valence-corrected chi connectivity index (χ2v) is 13.3. The van der Waals surface area contributed by atoms with Gasteiger partial charge in [0.15, 0.2) is 11.4 Å². The average Bonchev–Trinajstić information content (AvgIpc) is 3.32. The number of fused-ring (bicyclic) bond motifs is 4. The minimum absolute atomic E-state index is 0.0643. The Kier molecular flexibility index (Phi) is 7.65. The number of Topliss-reactive ketones (excluding diaryl/α,β-unsaturated/α-hetero) is 2. The van der Waals surface area contributed by atoms with Gasteiger partial charge < -0.3 is 26.2 Å². The molecule has 0 aromatic heterocycles. The van der Waals surface area contributed by atoms with E-state index in [1.165, 1.54) is 55.4 Å². The molecule has 3 aromatic carbocycles. The molecule has 4 atom stereocenters. The maximum absolute atomic E-state index is 14.3. The molecule has 0 radical (unpaired) electrons. The maximum Gasteiger partial charge on any atom is 0.261 e. The molecule has 3 aliphatic carbocycles. The van der Waals surface area contributed by atoms with E-state index in [4.69, 9.17) is 5.73 Å². The molecule has 51 heavy (non-hydrogen) atoms. The smallest absolute Gasteiger partial charge is 0.261 e. The van der Waals surface area contributed by atoms with Gasteiger partial charge in [0.25, 0.3) is 17.7 Å². The molecule has 1 fully saturated rings. The third kappa shape index (κ3) is 4.70. The van der Waals surface area contributed by atoms with Crippen LogP contribution in [0.2, 0.25) is 0 Å². The topological polar surface area (TPSA) is 245 Å². The molecule has 0 saturated heterocycles. The van der Waals surface area contributed by atoms with Crippen LogP contribution < -0.4 is 16.1 Å². The van der Waals surface area contributed by atoms with E-state index in [9.17, 15) is 54.8 Å². The molecule has 1 saturated carbocycles. The first kappa shape index (κ1) is 33.6. The number of likely N-dealkylation sites (N-methyl/N-ethyl adjacent to an activating group) is 1. The van der Waals surface area contributed by atoms with Crippen LogP contribution in [-0.2, 0) is 27.3 Å². The largest absolute Gasteiger partial charge is 0.872 e. The van der Waals surface area contributed by atoms with Crippen molar-refractivity contribution in [1.29, 1.82) is 0 Å². The van der Waals surface area contributed by atoms with E-state index in [2.05, 4.69) is 0 Å². The van der Waals surface area contributed by atoms with E-state index in [-0.39, 0.29) is 51.6 Å². The van der Waals surface area contributed by atoms with Crippen molar-refractivity contribution in [3.05, 3.63) is 99.3 Å². The van der Waals surface area contributed by atoms with Crippen LogP contribution >= 0.6 is 0 Å². The van der Waals surface area contributed by atoms with Crippen molar-refractivity contribution in [3.63, 3.8) is 0 Å². The fourth-order valence-electron chi connectivity index (χ4n) is 8.08. The Morgan fingerprint density at radius 3 is 2.22 bits per heavy atom. The minimum Gasteiger partial charge on any atom is -0.872 e. The first-order valence-corrected chi connectivity index (χ1v) is 15.8. The number of primary amides is 1.